The van der Waals surface area contributed by atoms with Crippen LogP contribution in [0.25, 0.3) is 0 Å². The molecule has 2 aliphatic heterocycles. The van der Waals surface area contributed by atoms with Crippen molar-refractivity contribution < 1.29 is 27.4 Å². The van der Waals surface area contributed by atoms with Crippen LogP contribution in [-0.2, 0) is 34.2 Å². The highest BCUT2D eigenvalue weighted by atomic mass is 32.2. The number of hydrogen-bond donors (Lipinski definition) is 0. The second-order valence-corrected chi connectivity index (χ2v) is 10.4. The molecule has 0 N–H and O–H groups in total. The van der Waals surface area contributed by atoms with E-state index in [1.165, 1.54) is 0 Å². The van der Waals surface area contributed by atoms with Crippen molar-refractivity contribution in [2.75, 3.05) is 33.7 Å². The van der Waals surface area contributed by atoms with Crippen LogP contribution in [0.3, 0.4) is 0 Å². The van der Waals surface area contributed by atoms with Gasteiger partial charge in [-0.3, -0.25) is 0 Å². The van der Waals surface area contributed by atoms with Gasteiger partial charge in [-0.15, -0.1) is 0 Å². The van der Waals surface area contributed by atoms with E-state index in [9.17, 15) is 8.42 Å². The molecule has 3 rings (SSSR count). The maximum absolute atomic E-state index is 13.0. The molecule has 7 heteroatoms. The van der Waals surface area contributed by atoms with Gasteiger partial charge in [0, 0.05) is 32.8 Å². The van der Waals surface area contributed by atoms with Crippen molar-refractivity contribution in [2.45, 2.75) is 55.5 Å². The number of sulfone groups is 1. The van der Waals surface area contributed by atoms with Crippen molar-refractivity contribution in [3.63, 3.8) is 0 Å². The lowest BCUT2D eigenvalue weighted by molar-refractivity contribution is -0.225. The summed E-state index contributed by atoms with van der Waals surface area (Å²) >= 11 is 0. The van der Waals surface area contributed by atoms with E-state index in [1.807, 2.05) is 12.1 Å². The first-order valence-electron chi connectivity index (χ1n) is 9.21. The van der Waals surface area contributed by atoms with Crippen LogP contribution in [-0.4, -0.2) is 60.4 Å². The zero-order valence-corrected chi connectivity index (χ0v) is 17.7. The molecule has 6 nitrogen and oxygen atoms in total. The lowest BCUT2D eigenvalue weighted by atomic mass is 9.81. The Labute approximate surface area is 162 Å². The summed E-state index contributed by atoms with van der Waals surface area (Å²) in [5.41, 5.74) is 1.70. The maximum atomic E-state index is 13.0. The highest BCUT2D eigenvalue weighted by Crippen LogP contribution is 2.47. The zero-order chi connectivity index (χ0) is 20.0. The third-order valence-electron chi connectivity index (χ3n) is 5.63. The number of fused-ring (bicyclic) bond motifs is 3. The van der Waals surface area contributed by atoms with Crippen molar-refractivity contribution in [2.24, 2.45) is 5.92 Å². The fraction of sp³-hybridized carbons (Fsp3) is 0.700. The molecule has 152 valence electrons. The van der Waals surface area contributed by atoms with E-state index in [0.717, 1.165) is 11.1 Å². The SMILES string of the molecule is COC[C@H]1O[C@@H]2c3cc(C(C)(C)C)ccc3S(=O)(=O)C[C@@H]2[C@@H](OC)[C@@H]1OC. The fourth-order valence-corrected chi connectivity index (χ4v) is 6.10. The standard InChI is InChI=1S/C20H30O6S/c1-20(2,3)12-7-8-16-13(9-12)17-14(11-27(16,21)22)18(24-5)19(25-6)15(26-17)10-23-4/h7-9,14-15,17-19H,10-11H2,1-6H3/t14-,15+,17+,18+,19+/m0/s1. The van der Waals surface area contributed by atoms with Gasteiger partial charge in [-0.05, 0) is 17.0 Å². The fourth-order valence-electron chi connectivity index (χ4n) is 4.24. The molecule has 0 aliphatic carbocycles. The zero-order valence-electron chi connectivity index (χ0n) is 16.9. The molecular weight excluding hydrogens is 368 g/mol. The van der Waals surface area contributed by atoms with Crippen LogP contribution in [0, 0.1) is 5.92 Å². The first-order chi connectivity index (χ1) is 12.6. The summed E-state index contributed by atoms with van der Waals surface area (Å²) < 4.78 is 49.0. The van der Waals surface area contributed by atoms with Gasteiger partial charge < -0.3 is 18.9 Å². The average Bonchev–Trinajstić information content (AvgIpc) is 2.60. The molecule has 0 unspecified atom stereocenters. The van der Waals surface area contributed by atoms with Gasteiger partial charge >= 0.3 is 0 Å². The van der Waals surface area contributed by atoms with Gasteiger partial charge in [-0.2, -0.15) is 0 Å². The third-order valence-corrected chi connectivity index (χ3v) is 7.49. The van der Waals surface area contributed by atoms with E-state index in [-0.39, 0.29) is 29.3 Å². The van der Waals surface area contributed by atoms with E-state index in [1.54, 1.807) is 27.4 Å². The predicted molar refractivity (Wildman–Crippen MR) is 102 cm³/mol. The second kappa shape index (κ2) is 7.44. The Hall–Kier alpha value is -0.990. The predicted octanol–water partition coefficient (Wildman–Crippen LogP) is 2.50. The molecule has 0 spiro atoms. The first kappa shape index (κ1) is 20.7. The highest BCUT2D eigenvalue weighted by Gasteiger charge is 2.52. The van der Waals surface area contributed by atoms with Crippen LogP contribution in [0.1, 0.15) is 38.0 Å². The van der Waals surface area contributed by atoms with Gasteiger partial charge in [0.15, 0.2) is 9.84 Å². The molecule has 0 radical (unpaired) electrons. The average molecular weight is 399 g/mol. The Morgan fingerprint density at radius 3 is 2.33 bits per heavy atom. The van der Waals surface area contributed by atoms with Gasteiger partial charge in [0.05, 0.1) is 29.5 Å². The van der Waals surface area contributed by atoms with Crippen molar-refractivity contribution in [1.82, 2.24) is 0 Å². The van der Waals surface area contributed by atoms with Crippen LogP contribution < -0.4 is 0 Å². The van der Waals surface area contributed by atoms with Crippen molar-refractivity contribution in [3.8, 4) is 0 Å². The van der Waals surface area contributed by atoms with Crippen molar-refractivity contribution in [3.05, 3.63) is 29.3 Å². The molecule has 5 atom stereocenters. The van der Waals surface area contributed by atoms with Gasteiger partial charge in [-0.1, -0.05) is 32.9 Å². The number of benzene rings is 1. The number of hydrogen-bond acceptors (Lipinski definition) is 6. The molecule has 2 heterocycles. The Kier molecular flexibility index (Phi) is 5.72. The van der Waals surface area contributed by atoms with Gasteiger partial charge in [-0.25, -0.2) is 8.42 Å². The molecule has 1 fully saturated rings. The summed E-state index contributed by atoms with van der Waals surface area (Å²) in [6, 6.07) is 5.60. The lowest BCUT2D eigenvalue weighted by Gasteiger charge is -2.48. The topological polar surface area (TPSA) is 71.1 Å². The summed E-state index contributed by atoms with van der Waals surface area (Å²) in [6.45, 7) is 6.68. The minimum atomic E-state index is -3.43. The Morgan fingerprint density at radius 1 is 1.11 bits per heavy atom. The summed E-state index contributed by atoms with van der Waals surface area (Å²) in [4.78, 5) is 0.360. The minimum Gasteiger partial charge on any atom is -0.382 e. The molecule has 1 saturated heterocycles. The van der Waals surface area contributed by atoms with E-state index >= 15 is 0 Å². The Bertz CT molecular complexity index is 782. The summed E-state index contributed by atoms with van der Waals surface area (Å²) in [5, 5.41) is 0. The molecule has 1 aromatic rings. The molecule has 1 aromatic carbocycles. The quantitative estimate of drug-likeness (QED) is 0.776. The second-order valence-electron chi connectivity index (χ2n) is 8.40. The van der Waals surface area contributed by atoms with E-state index in [0.29, 0.717) is 11.5 Å². The van der Waals surface area contributed by atoms with E-state index in [2.05, 4.69) is 20.8 Å². The normalized spacial score (nSPS) is 32.6. The summed E-state index contributed by atoms with van der Waals surface area (Å²) in [6.07, 6.45) is -1.49. The summed E-state index contributed by atoms with van der Waals surface area (Å²) in [5.74, 6) is -0.349. The number of ether oxygens (including phenoxy) is 4. The Morgan fingerprint density at radius 2 is 1.78 bits per heavy atom. The Balaban J connectivity index is 2.13. The third kappa shape index (κ3) is 3.68. The summed E-state index contributed by atoms with van der Waals surface area (Å²) in [7, 11) is 1.37. The van der Waals surface area contributed by atoms with Crippen LogP contribution in [0.5, 0.6) is 0 Å². The molecule has 0 aromatic heterocycles. The first-order valence-corrected chi connectivity index (χ1v) is 10.9. The molecular formula is C20H30O6S. The van der Waals surface area contributed by atoms with Crippen LogP contribution >= 0.6 is 0 Å². The largest absolute Gasteiger partial charge is 0.382 e. The van der Waals surface area contributed by atoms with Gasteiger partial charge in [0.25, 0.3) is 0 Å². The monoisotopic (exact) mass is 398 g/mol. The highest BCUT2D eigenvalue weighted by molar-refractivity contribution is 7.91. The molecule has 2 aliphatic rings. The molecule has 0 bridgehead atoms. The van der Waals surface area contributed by atoms with Crippen molar-refractivity contribution >= 4 is 9.84 Å². The maximum Gasteiger partial charge on any atom is 0.179 e. The number of rotatable bonds is 4. The lowest BCUT2D eigenvalue weighted by Crippen LogP contribution is -2.57. The van der Waals surface area contributed by atoms with Crippen LogP contribution in [0.15, 0.2) is 23.1 Å². The van der Waals surface area contributed by atoms with Crippen LogP contribution in [0.4, 0.5) is 0 Å². The molecule has 27 heavy (non-hydrogen) atoms. The van der Waals surface area contributed by atoms with Crippen molar-refractivity contribution in [1.29, 1.82) is 0 Å². The molecule has 0 saturated carbocycles. The van der Waals surface area contributed by atoms with Crippen LogP contribution in [0.2, 0.25) is 0 Å². The van der Waals surface area contributed by atoms with Gasteiger partial charge in [0.2, 0.25) is 0 Å². The van der Waals surface area contributed by atoms with E-state index < -0.39 is 22.0 Å². The number of methoxy groups -OCH3 is 3. The molecule has 0 amide bonds. The smallest absolute Gasteiger partial charge is 0.179 e. The minimum absolute atomic E-state index is 0.0163. The van der Waals surface area contributed by atoms with Gasteiger partial charge in [0.1, 0.15) is 12.2 Å². The van der Waals surface area contributed by atoms with E-state index in [4.69, 9.17) is 18.9 Å².